The van der Waals surface area contributed by atoms with Gasteiger partial charge in [0.2, 0.25) is 0 Å². The SMILES string of the molecule is CCc1nc2cc(N)ccc2n1CCC(C)O. The van der Waals surface area contributed by atoms with E-state index >= 15 is 0 Å². The fourth-order valence-corrected chi connectivity index (χ4v) is 2.03. The van der Waals surface area contributed by atoms with E-state index in [0.29, 0.717) is 0 Å². The summed E-state index contributed by atoms with van der Waals surface area (Å²) in [5.41, 5.74) is 8.53. The molecule has 17 heavy (non-hydrogen) atoms. The monoisotopic (exact) mass is 233 g/mol. The molecule has 1 atom stereocenters. The van der Waals surface area contributed by atoms with Crippen molar-refractivity contribution in [1.82, 2.24) is 9.55 Å². The predicted octanol–water partition coefficient (Wildman–Crippen LogP) is 1.95. The molecule has 0 fully saturated rings. The molecule has 92 valence electrons. The first-order valence-electron chi connectivity index (χ1n) is 6.04. The number of aliphatic hydroxyl groups excluding tert-OH is 1. The molecule has 0 saturated carbocycles. The van der Waals surface area contributed by atoms with Crippen LogP contribution < -0.4 is 5.73 Å². The third-order valence-electron chi connectivity index (χ3n) is 2.94. The quantitative estimate of drug-likeness (QED) is 0.793. The molecule has 1 aromatic carbocycles. The predicted molar refractivity (Wildman–Crippen MR) is 69.8 cm³/mol. The van der Waals surface area contributed by atoms with Crippen molar-refractivity contribution in [2.24, 2.45) is 0 Å². The Kier molecular flexibility index (Phi) is 3.33. The van der Waals surface area contributed by atoms with E-state index in [1.165, 1.54) is 0 Å². The molecule has 3 N–H and O–H groups in total. The second kappa shape index (κ2) is 4.75. The van der Waals surface area contributed by atoms with Crippen LogP contribution in [0.15, 0.2) is 18.2 Å². The number of aryl methyl sites for hydroxylation is 2. The zero-order valence-electron chi connectivity index (χ0n) is 10.3. The van der Waals surface area contributed by atoms with Crippen molar-refractivity contribution in [2.45, 2.75) is 39.3 Å². The standard InChI is InChI=1S/C13H19N3O/c1-3-13-15-11-8-10(14)4-5-12(11)16(13)7-6-9(2)17/h4-5,8-9,17H,3,6-7,14H2,1-2H3. The molecule has 0 spiro atoms. The average molecular weight is 233 g/mol. The first kappa shape index (κ1) is 11.9. The number of aliphatic hydroxyl groups is 1. The second-order valence-corrected chi connectivity index (χ2v) is 4.42. The Bertz CT molecular complexity index is 517. The van der Waals surface area contributed by atoms with Gasteiger partial charge in [0.15, 0.2) is 0 Å². The Morgan fingerprint density at radius 3 is 2.88 bits per heavy atom. The molecular formula is C13H19N3O. The summed E-state index contributed by atoms with van der Waals surface area (Å²) < 4.78 is 2.17. The van der Waals surface area contributed by atoms with Gasteiger partial charge in [-0.15, -0.1) is 0 Å². The van der Waals surface area contributed by atoms with Crippen molar-refractivity contribution in [1.29, 1.82) is 0 Å². The molecule has 0 saturated heterocycles. The van der Waals surface area contributed by atoms with E-state index in [1.807, 2.05) is 25.1 Å². The molecule has 1 aromatic heterocycles. The first-order chi connectivity index (χ1) is 8.11. The van der Waals surface area contributed by atoms with Gasteiger partial charge in [-0.3, -0.25) is 0 Å². The number of nitrogens with two attached hydrogens (primary N) is 1. The molecule has 0 radical (unpaired) electrons. The molecule has 0 amide bonds. The maximum atomic E-state index is 9.38. The highest BCUT2D eigenvalue weighted by Gasteiger charge is 2.09. The zero-order valence-corrected chi connectivity index (χ0v) is 10.3. The van der Waals surface area contributed by atoms with Crippen LogP contribution in [-0.4, -0.2) is 20.8 Å². The number of nitrogens with zero attached hydrogens (tertiary/aromatic N) is 2. The maximum absolute atomic E-state index is 9.38. The van der Waals surface area contributed by atoms with Gasteiger partial charge >= 0.3 is 0 Å². The van der Waals surface area contributed by atoms with E-state index in [1.54, 1.807) is 0 Å². The highest BCUT2D eigenvalue weighted by atomic mass is 16.3. The Morgan fingerprint density at radius 1 is 1.47 bits per heavy atom. The van der Waals surface area contributed by atoms with Crippen molar-refractivity contribution in [3.8, 4) is 0 Å². The van der Waals surface area contributed by atoms with E-state index in [9.17, 15) is 5.11 Å². The zero-order chi connectivity index (χ0) is 12.4. The minimum Gasteiger partial charge on any atom is -0.399 e. The van der Waals surface area contributed by atoms with Crippen LogP contribution in [0.5, 0.6) is 0 Å². The molecule has 4 nitrogen and oxygen atoms in total. The summed E-state index contributed by atoms with van der Waals surface area (Å²) in [5.74, 6) is 1.05. The van der Waals surface area contributed by atoms with Crippen LogP contribution in [0, 0.1) is 0 Å². The fourth-order valence-electron chi connectivity index (χ4n) is 2.03. The number of hydrogen-bond donors (Lipinski definition) is 2. The molecular weight excluding hydrogens is 214 g/mol. The molecule has 0 aliphatic heterocycles. The lowest BCUT2D eigenvalue weighted by Crippen LogP contribution is -2.09. The average Bonchev–Trinajstić information content (AvgIpc) is 2.63. The lowest BCUT2D eigenvalue weighted by molar-refractivity contribution is 0.178. The van der Waals surface area contributed by atoms with Crippen molar-refractivity contribution in [3.05, 3.63) is 24.0 Å². The smallest absolute Gasteiger partial charge is 0.109 e. The van der Waals surface area contributed by atoms with Crippen LogP contribution >= 0.6 is 0 Å². The summed E-state index contributed by atoms with van der Waals surface area (Å²) >= 11 is 0. The number of rotatable bonds is 4. The van der Waals surface area contributed by atoms with Crippen LogP contribution in [0.3, 0.4) is 0 Å². The lowest BCUT2D eigenvalue weighted by Gasteiger charge is -2.09. The minimum absolute atomic E-state index is 0.286. The van der Waals surface area contributed by atoms with Gasteiger partial charge in [0.1, 0.15) is 5.82 Å². The van der Waals surface area contributed by atoms with Gasteiger partial charge < -0.3 is 15.4 Å². The Balaban J connectivity index is 2.43. The van der Waals surface area contributed by atoms with Crippen LogP contribution in [0.1, 0.15) is 26.1 Å². The Hall–Kier alpha value is -1.55. The van der Waals surface area contributed by atoms with Gasteiger partial charge in [-0.25, -0.2) is 4.98 Å². The summed E-state index contributed by atoms with van der Waals surface area (Å²) in [5, 5.41) is 9.38. The highest BCUT2D eigenvalue weighted by molar-refractivity contribution is 5.79. The van der Waals surface area contributed by atoms with Gasteiger partial charge in [-0.2, -0.15) is 0 Å². The van der Waals surface area contributed by atoms with Crippen LogP contribution in [0.4, 0.5) is 5.69 Å². The molecule has 4 heteroatoms. The van der Waals surface area contributed by atoms with Crippen molar-refractivity contribution >= 4 is 16.7 Å². The van der Waals surface area contributed by atoms with Crippen LogP contribution in [0.2, 0.25) is 0 Å². The lowest BCUT2D eigenvalue weighted by atomic mass is 10.2. The highest BCUT2D eigenvalue weighted by Crippen LogP contribution is 2.20. The van der Waals surface area contributed by atoms with E-state index < -0.39 is 0 Å². The number of aromatic nitrogens is 2. The topological polar surface area (TPSA) is 64.1 Å². The van der Waals surface area contributed by atoms with E-state index in [0.717, 1.165) is 41.9 Å². The van der Waals surface area contributed by atoms with Crippen molar-refractivity contribution < 1.29 is 5.11 Å². The van der Waals surface area contributed by atoms with Gasteiger partial charge in [-0.05, 0) is 31.5 Å². The summed E-state index contributed by atoms with van der Waals surface area (Å²) in [6, 6.07) is 5.79. The van der Waals surface area contributed by atoms with Gasteiger partial charge in [0.05, 0.1) is 17.1 Å². The van der Waals surface area contributed by atoms with Crippen molar-refractivity contribution in [3.63, 3.8) is 0 Å². The van der Waals surface area contributed by atoms with Gasteiger partial charge in [0.25, 0.3) is 0 Å². The Labute approximate surface area is 101 Å². The number of fused-ring (bicyclic) bond motifs is 1. The first-order valence-corrected chi connectivity index (χ1v) is 6.04. The maximum Gasteiger partial charge on any atom is 0.109 e. The number of hydrogen-bond acceptors (Lipinski definition) is 3. The summed E-state index contributed by atoms with van der Waals surface area (Å²) in [6.07, 6.45) is 1.34. The van der Waals surface area contributed by atoms with Crippen LogP contribution in [-0.2, 0) is 13.0 Å². The van der Waals surface area contributed by atoms with Gasteiger partial charge in [-0.1, -0.05) is 6.92 Å². The van der Waals surface area contributed by atoms with Gasteiger partial charge in [0, 0.05) is 18.7 Å². The largest absolute Gasteiger partial charge is 0.399 e. The second-order valence-electron chi connectivity index (χ2n) is 4.42. The number of benzene rings is 1. The third-order valence-corrected chi connectivity index (χ3v) is 2.94. The molecule has 1 unspecified atom stereocenters. The molecule has 0 aliphatic rings. The minimum atomic E-state index is -0.286. The number of nitrogen functional groups attached to an aromatic ring is 1. The number of imidazole rings is 1. The van der Waals surface area contributed by atoms with Crippen LogP contribution in [0.25, 0.3) is 11.0 Å². The normalized spacial score (nSPS) is 13.1. The number of anilines is 1. The van der Waals surface area contributed by atoms with E-state index in [-0.39, 0.29) is 6.10 Å². The summed E-state index contributed by atoms with van der Waals surface area (Å²) in [7, 11) is 0. The third kappa shape index (κ3) is 2.42. The van der Waals surface area contributed by atoms with E-state index in [2.05, 4.69) is 16.5 Å². The Morgan fingerprint density at radius 2 is 2.24 bits per heavy atom. The molecule has 2 aromatic rings. The molecule has 2 rings (SSSR count). The summed E-state index contributed by atoms with van der Waals surface area (Å²) in [4.78, 5) is 4.57. The van der Waals surface area contributed by atoms with Crippen molar-refractivity contribution in [2.75, 3.05) is 5.73 Å². The molecule has 0 aliphatic carbocycles. The van der Waals surface area contributed by atoms with E-state index in [4.69, 9.17) is 5.73 Å². The molecule has 0 bridgehead atoms. The summed E-state index contributed by atoms with van der Waals surface area (Å²) in [6.45, 7) is 4.69. The fraction of sp³-hybridized carbons (Fsp3) is 0.462. The molecule has 1 heterocycles.